The third-order valence-electron chi connectivity index (χ3n) is 5.22. The van der Waals surface area contributed by atoms with Crippen molar-refractivity contribution in [2.24, 2.45) is 4.99 Å². The molecule has 1 saturated heterocycles. The topological polar surface area (TPSA) is 69.1 Å². The number of benzene rings is 1. The molecule has 0 radical (unpaired) electrons. The Bertz CT molecular complexity index is 639. The van der Waals surface area contributed by atoms with Crippen molar-refractivity contribution in [2.75, 3.05) is 26.2 Å². The Kier molecular flexibility index (Phi) is 9.30. The van der Waals surface area contributed by atoms with Gasteiger partial charge in [0.05, 0.1) is 6.54 Å². The van der Waals surface area contributed by atoms with Crippen molar-refractivity contribution in [2.45, 2.75) is 64.3 Å². The molecule has 0 aromatic heterocycles. The number of ether oxygens (including phenoxy) is 1. The largest absolute Gasteiger partial charge is 0.491 e. The molecule has 1 aliphatic carbocycles. The summed E-state index contributed by atoms with van der Waals surface area (Å²) in [4.78, 5) is 7.18. The molecule has 3 atom stereocenters. The SMILES string of the molecule is CCNC(=NCC(O)COc1cccc(C)c1)NC1CC(C)N(C2CC2)C1.I. The van der Waals surface area contributed by atoms with Crippen LogP contribution in [0.25, 0.3) is 0 Å². The minimum absolute atomic E-state index is 0. The first-order valence-electron chi connectivity index (χ1n) is 10.2. The number of halogens is 1. The second kappa shape index (κ2) is 11.2. The number of hydrogen-bond acceptors (Lipinski definition) is 4. The molecule has 1 aromatic rings. The highest BCUT2D eigenvalue weighted by molar-refractivity contribution is 14.0. The zero-order valence-electron chi connectivity index (χ0n) is 17.2. The molecule has 0 bridgehead atoms. The Morgan fingerprint density at radius 3 is 2.86 bits per heavy atom. The third-order valence-corrected chi connectivity index (χ3v) is 5.22. The lowest BCUT2D eigenvalue weighted by molar-refractivity contribution is 0.114. The van der Waals surface area contributed by atoms with Crippen LogP contribution in [0.3, 0.4) is 0 Å². The number of guanidine groups is 1. The van der Waals surface area contributed by atoms with Crippen LogP contribution in [0.4, 0.5) is 0 Å². The summed E-state index contributed by atoms with van der Waals surface area (Å²) in [7, 11) is 0. The van der Waals surface area contributed by atoms with Crippen molar-refractivity contribution in [1.29, 1.82) is 0 Å². The van der Waals surface area contributed by atoms with Crippen molar-refractivity contribution in [3.05, 3.63) is 29.8 Å². The van der Waals surface area contributed by atoms with Crippen molar-refractivity contribution in [3.8, 4) is 5.75 Å². The first kappa shape index (κ1) is 23.2. The quantitative estimate of drug-likeness (QED) is 0.290. The fourth-order valence-corrected chi connectivity index (χ4v) is 3.74. The van der Waals surface area contributed by atoms with Gasteiger partial charge in [0, 0.05) is 31.2 Å². The van der Waals surface area contributed by atoms with E-state index in [0.717, 1.165) is 42.8 Å². The summed E-state index contributed by atoms with van der Waals surface area (Å²) in [6, 6.07) is 9.69. The van der Waals surface area contributed by atoms with Crippen molar-refractivity contribution < 1.29 is 9.84 Å². The number of hydrogen-bond donors (Lipinski definition) is 3. The molecule has 1 saturated carbocycles. The molecule has 6 nitrogen and oxygen atoms in total. The normalized spacial score (nSPS) is 23.8. The highest BCUT2D eigenvalue weighted by Crippen LogP contribution is 2.33. The summed E-state index contributed by atoms with van der Waals surface area (Å²) >= 11 is 0. The smallest absolute Gasteiger partial charge is 0.191 e. The maximum Gasteiger partial charge on any atom is 0.191 e. The van der Waals surface area contributed by atoms with Gasteiger partial charge < -0.3 is 20.5 Å². The van der Waals surface area contributed by atoms with Crippen LogP contribution < -0.4 is 15.4 Å². The van der Waals surface area contributed by atoms with Crippen molar-refractivity contribution in [3.63, 3.8) is 0 Å². The standard InChI is InChI=1S/C21H34N4O2.HI/c1-4-22-21(24-17-11-16(3)25(13-17)18-8-9-18)23-12-19(26)14-27-20-7-5-6-15(2)10-20;/h5-7,10,16-19,26H,4,8-9,11-14H2,1-3H3,(H2,22,23,24);1H. The lowest BCUT2D eigenvalue weighted by Gasteiger charge is -2.20. The zero-order chi connectivity index (χ0) is 19.2. The van der Waals surface area contributed by atoms with Crippen LogP contribution in [0.2, 0.25) is 0 Å². The maximum atomic E-state index is 10.2. The molecule has 1 heterocycles. The minimum Gasteiger partial charge on any atom is -0.491 e. The molecule has 2 fully saturated rings. The molecule has 1 aliphatic heterocycles. The molecule has 7 heteroatoms. The van der Waals surface area contributed by atoms with E-state index in [4.69, 9.17) is 4.74 Å². The van der Waals surface area contributed by atoms with Crippen LogP contribution in [-0.2, 0) is 0 Å². The van der Waals surface area contributed by atoms with Crippen LogP contribution in [0.15, 0.2) is 29.3 Å². The van der Waals surface area contributed by atoms with E-state index in [1.807, 2.05) is 31.2 Å². The predicted octanol–water partition coefficient (Wildman–Crippen LogP) is 2.53. The lowest BCUT2D eigenvalue weighted by Crippen LogP contribution is -2.45. The molecule has 3 rings (SSSR count). The Morgan fingerprint density at radius 1 is 1.39 bits per heavy atom. The van der Waals surface area contributed by atoms with Gasteiger partial charge in [-0.15, -0.1) is 24.0 Å². The van der Waals surface area contributed by atoms with E-state index in [2.05, 4.69) is 34.4 Å². The van der Waals surface area contributed by atoms with Gasteiger partial charge in [-0.2, -0.15) is 0 Å². The van der Waals surface area contributed by atoms with Crippen LogP contribution in [-0.4, -0.2) is 66.4 Å². The van der Waals surface area contributed by atoms with Crippen molar-refractivity contribution in [1.82, 2.24) is 15.5 Å². The molecule has 2 aliphatic rings. The summed E-state index contributed by atoms with van der Waals surface area (Å²) in [6.07, 6.45) is 3.20. The van der Waals surface area contributed by atoms with Crippen LogP contribution in [0, 0.1) is 6.92 Å². The monoisotopic (exact) mass is 502 g/mol. The highest BCUT2D eigenvalue weighted by atomic mass is 127. The Hall–Kier alpha value is -1.06. The highest BCUT2D eigenvalue weighted by Gasteiger charge is 2.38. The molecule has 158 valence electrons. The Morgan fingerprint density at radius 2 is 2.18 bits per heavy atom. The fraction of sp³-hybridized carbons (Fsp3) is 0.667. The molecule has 0 amide bonds. The zero-order valence-corrected chi connectivity index (χ0v) is 19.6. The summed E-state index contributed by atoms with van der Waals surface area (Å²) in [5.74, 6) is 1.56. The second-order valence-electron chi connectivity index (χ2n) is 7.85. The Labute approximate surface area is 186 Å². The van der Waals surface area contributed by atoms with Gasteiger partial charge in [0.2, 0.25) is 0 Å². The first-order chi connectivity index (χ1) is 13.0. The van der Waals surface area contributed by atoms with Gasteiger partial charge in [-0.25, -0.2) is 0 Å². The molecular weight excluding hydrogens is 467 g/mol. The molecule has 1 aromatic carbocycles. The van der Waals surface area contributed by atoms with Crippen LogP contribution in [0.5, 0.6) is 5.75 Å². The number of aliphatic imine (C=N–C) groups is 1. The summed E-state index contributed by atoms with van der Waals surface area (Å²) in [5.41, 5.74) is 1.14. The fourth-order valence-electron chi connectivity index (χ4n) is 3.74. The number of nitrogens with one attached hydrogen (secondary N) is 2. The molecule has 28 heavy (non-hydrogen) atoms. The second-order valence-corrected chi connectivity index (χ2v) is 7.85. The number of likely N-dealkylation sites (tertiary alicyclic amines) is 1. The van der Waals surface area contributed by atoms with Gasteiger partial charge in [0.15, 0.2) is 5.96 Å². The maximum absolute atomic E-state index is 10.2. The number of nitrogens with zero attached hydrogens (tertiary/aromatic N) is 2. The third kappa shape index (κ3) is 7.08. The molecular formula is C21H35IN4O2. The number of rotatable bonds is 8. The summed E-state index contributed by atoms with van der Waals surface area (Å²) < 4.78 is 5.67. The molecule has 3 unspecified atom stereocenters. The van der Waals surface area contributed by atoms with E-state index in [-0.39, 0.29) is 30.6 Å². The number of aryl methyl sites for hydroxylation is 1. The van der Waals surface area contributed by atoms with E-state index in [1.165, 1.54) is 12.8 Å². The number of aliphatic hydroxyl groups excluding tert-OH is 1. The van der Waals surface area contributed by atoms with E-state index in [9.17, 15) is 5.11 Å². The average Bonchev–Trinajstić information content (AvgIpc) is 3.41. The van der Waals surface area contributed by atoms with E-state index in [1.54, 1.807) is 0 Å². The summed E-state index contributed by atoms with van der Waals surface area (Å²) in [6.45, 7) is 8.83. The van der Waals surface area contributed by atoms with Gasteiger partial charge in [-0.3, -0.25) is 9.89 Å². The van der Waals surface area contributed by atoms with Crippen LogP contribution >= 0.6 is 24.0 Å². The first-order valence-corrected chi connectivity index (χ1v) is 10.2. The minimum atomic E-state index is -0.633. The van der Waals surface area contributed by atoms with Gasteiger partial charge in [0.25, 0.3) is 0 Å². The van der Waals surface area contributed by atoms with Crippen molar-refractivity contribution >= 4 is 29.9 Å². The van der Waals surface area contributed by atoms with Crippen LogP contribution in [0.1, 0.15) is 38.7 Å². The van der Waals surface area contributed by atoms with E-state index in [0.29, 0.717) is 18.6 Å². The van der Waals surface area contributed by atoms with Gasteiger partial charge in [-0.05, 0) is 57.7 Å². The van der Waals surface area contributed by atoms with Gasteiger partial charge in [0.1, 0.15) is 18.5 Å². The Balaban J connectivity index is 0.00000280. The van der Waals surface area contributed by atoms with E-state index < -0.39 is 6.10 Å². The lowest BCUT2D eigenvalue weighted by atomic mass is 10.2. The molecule has 3 N–H and O–H groups in total. The van der Waals surface area contributed by atoms with E-state index >= 15 is 0 Å². The summed E-state index contributed by atoms with van der Waals surface area (Å²) in [5, 5.41) is 17.1. The van der Waals surface area contributed by atoms with Gasteiger partial charge >= 0.3 is 0 Å². The average molecular weight is 502 g/mol. The number of aliphatic hydroxyl groups is 1. The molecule has 0 spiro atoms. The predicted molar refractivity (Wildman–Crippen MR) is 125 cm³/mol. The van der Waals surface area contributed by atoms with Gasteiger partial charge in [-0.1, -0.05) is 12.1 Å².